The summed E-state index contributed by atoms with van der Waals surface area (Å²) < 4.78 is 2.19. The molecule has 3 rings (SSSR count). The molecule has 3 aromatic rings. The van der Waals surface area contributed by atoms with Gasteiger partial charge < -0.3 is 0 Å². The minimum atomic E-state index is 1.09. The molecule has 0 aliphatic rings. The van der Waals surface area contributed by atoms with Crippen molar-refractivity contribution in [1.29, 1.82) is 0 Å². The summed E-state index contributed by atoms with van der Waals surface area (Å²) in [6.45, 7) is 0. The van der Waals surface area contributed by atoms with Gasteiger partial charge in [-0.1, -0.05) is 92.5 Å². The molecule has 0 saturated heterocycles. The van der Waals surface area contributed by atoms with Crippen LogP contribution in [0.5, 0.6) is 0 Å². The topological polar surface area (TPSA) is 0 Å². The van der Waals surface area contributed by atoms with Crippen LogP contribution in [-0.4, -0.2) is 0 Å². The first-order valence-corrected chi connectivity index (χ1v) is 7.94. The maximum absolute atomic E-state index is 3.66. The summed E-state index contributed by atoms with van der Waals surface area (Å²) >= 11 is 7.32. The Labute approximate surface area is 135 Å². The van der Waals surface area contributed by atoms with E-state index in [-0.39, 0.29) is 0 Å². The third-order valence-electron chi connectivity index (χ3n) is 3.23. The second-order valence-electron chi connectivity index (χ2n) is 4.54. The van der Waals surface area contributed by atoms with E-state index in [4.69, 9.17) is 0 Å². The molecule has 3 aromatic carbocycles. The molecule has 0 heterocycles. The highest BCUT2D eigenvalue weighted by Crippen LogP contribution is 2.37. The first-order chi connectivity index (χ1) is 9.75. The average molecular weight is 388 g/mol. The summed E-state index contributed by atoms with van der Waals surface area (Å²) in [5.41, 5.74) is 4.83. The number of hydrogen-bond donors (Lipinski definition) is 0. The molecular weight excluding hydrogens is 376 g/mol. The lowest BCUT2D eigenvalue weighted by Gasteiger charge is -2.11. The predicted octanol–water partition coefficient (Wildman–Crippen LogP) is 6.55. The molecule has 0 atom stereocenters. The molecule has 0 radical (unpaired) electrons. The molecule has 0 aliphatic heterocycles. The third-order valence-corrected chi connectivity index (χ3v) is 4.54. The Hall–Kier alpha value is -1.38. The summed E-state index contributed by atoms with van der Waals surface area (Å²) in [6, 6.07) is 25.2. The van der Waals surface area contributed by atoms with Gasteiger partial charge in [0, 0.05) is 8.95 Å². The summed E-state index contributed by atoms with van der Waals surface area (Å²) in [4.78, 5) is 0. The van der Waals surface area contributed by atoms with Crippen molar-refractivity contribution in [1.82, 2.24) is 0 Å². The van der Waals surface area contributed by atoms with Gasteiger partial charge in [-0.2, -0.15) is 0 Å². The van der Waals surface area contributed by atoms with E-state index < -0.39 is 0 Å². The molecule has 0 spiro atoms. The quantitative estimate of drug-likeness (QED) is 0.467. The molecule has 0 unspecified atom stereocenters. The number of rotatable bonds is 2. The molecule has 0 nitrogen and oxygen atoms in total. The van der Waals surface area contributed by atoms with Crippen molar-refractivity contribution in [3.63, 3.8) is 0 Å². The molecule has 0 aliphatic carbocycles. The highest BCUT2D eigenvalue weighted by molar-refractivity contribution is 9.11. The van der Waals surface area contributed by atoms with Gasteiger partial charge in [0.1, 0.15) is 0 Å². The van der Waals surface area contributed by atoms with Crippen LogP contribution < -0.4 is 0 Å². The minimum Gasteiger partial charge on any atom is -0.0622 e. The lowest BCUT2D eigenvalue weighted by Crippen LogP contribution is -1.85. The Kier molecular flexibility index (Phi) is 4.04. The Balaban J connectivity index is 2.19. The van der Waals surface area contributed by atoms with E-state index in [0.717, 1.165) is 8.95 Å². The van der Waals surface area contributed by atoms with Crippen molar-refractivity contribution in [3.8, 4) is 22.3 Å². The van der Waals surface area contributed by atoms with Gasteiger partial charge in [0.2, 0.25) is 0 Å². The summed E-state index contributed by atoms with van der Waals surface area (Å²) in [5.74, 6) is 0. The minimum absolute atomic E-state index is 1.09. The van der Waals surface area contributed by atoms with E-state index in [2.05, 4.69) is 92.5 Å². The van der Waals surface area contributed by atoms with Crippen molar-refractivity contribution in [2.45, 2.75) is 0 Å². The highest BCUT2D eigenvalue weighted by Gasteiger charge is 2.09. The van der Waals surface area contributed by atoms with Crippen molar-refractivity contribution in [2.75, 3.05) is 0 Å². The normalized spacial score (nSPS) is 10.5. The van der Waals surface area contributed by atoms with Crippen molar-refractivity contribution in [3.05, 3.63) is 81.7 Å². The average Bonchev–Trinajstić information content (AvgIpc) is 2.49. The zero-order valence-corrected chi connectivity index (χ0v) is 13.9. The van der Waals surface area contributed by atoms with E-state index in [9.17, 15) is 0 Å². The van der Waals surface area contributed by atoms with Gasteiger partial charge in [-0.15, -0.1) is 0 Å². The van der Waals surface area contributed by atoms with Crippen LogP contribution in [0.1, 0.15) is 0 Å². The third kappa shape index (κ3) is 2.72. The Morgan fingerprint density at radius 2 is 0.900 bits per heavy atom. The first kappa shape index (κ1) is 13.6. The zero-order chi connectivity index (χ0) is 13.9. The molecule has 0 bridgehead atoms. The van der Waals surface area contributed by atoms with Gasteiger partial charge in [0.15, 0.2) is 0 Å². The van der Waals surface area contributed by atoms with E-state index in [1.54, 1.807) is 0 Å². The second-order valence-corrected chi connectivity index (χ2v) is 6.25. The smallest absolute Gasteiger partial charge is 0.0265 e. The first-order valence-electron chi connectivity index (χ1n) is 6.35. The molecule has 98 valence electrons. The van der Waals surface area contributed by atoms with Gasteiger partial charge in [-0.3, -0.25) is 0 Å². The van der Waals surface area contributed by atoms with Gasteiger partial charge in [0.25, 0.3) is 0 Å². The van der Waals surface area contributed by atoms with E-state index in [1.807, 2.05) is 12.1 Å². The molecular formula is C18H12Br2. The Bertz CT molecular complexity index is 658. The Morgan fingerprint density at radius 1 is 0.500 bits per heavy atom. The van der Waals surface area contributed by atoms with Crippen LogP contribution in [0.25, 0.3) is 22.3 Å². The molecule has 0 saturated carbocycles. The summed E-state index contributed by atoms with van der Waals surface area (Å²) in [6.07, 6.45) is 0. The number of hydrogen-bond acceptors (Lipinski definition) is 0. The predicted molar refractivity (Wildman–Crippen MR) is 92.7 cm³/mol. The van der Waals surface area contributed by atoms with Crippen molar-refractivity contribution in [2.24, 2.45) is 0 Å². The maximum Gasteiger partial charge on any atom is 0.0265 e. The SMILES string of the molecule is Brc1cc(Br)c(-c2ccccc2)cc1-c1ccccc1. The zero-order valence-electron chi connectivity index (χ0n) is 10.7. The largest absolute Gasteiger partial charge is 0.0622 e. The van der Waals surface area contributed by atoms with E-state index in [0.29, 0.717) is 0 Å². The molecule has 0 N–H and O–H groups in total. The maximum atomic E-state index is 3.66. The fourth-order valence-corrected chi connectivity index (χ4v) is 3.68. The lowest BCUT2D eigenvalue weighted by atomic mass is 9.99. The van der Waals surface area contributed by atoms with Gasteiger partial charge in [-0.25, -0.2) is 0 Å². The Morgan fingerprint density at radius 3 is 1.30 bits per heavy atom. The van der Waals surface area contributed by atoms with E-state index in [1.165, 1.54) is 22.3 Å². The van der Waals surface area contributed by atoms with E-state index >= 15 is 0 Å². The van der Waals surface area contributed by atoms with Gasteiger partial charge >= 0.3 is 0 Å². The van der Waals surface area contributed by atoms with Crippen LogP contribution in [0.15, 0.2) is 81.7 Å². The number of benzene rings is 3. The van der Waals surface area contributed by atoms with Crippen LogP contribution in [0.4, 0.5) is 0 Å². The fourth-order valence-electron chi connectivity index (χ4n) is 2.23. The van der Waals surface area contributed by atoms with Crippen LogP contribution in [0, 0.1) is 0 Å². The summed E-state index contributed by atoms with van der Waals surface area (Å²) in [7, 11) is 0. The lowest BCUT2D eigenvalue weighted by molar-refractivity contribution is 1.53. The molecule has 0 fully saturated rings. The van der Waals surface area contributed by atoms with Gasteiger partial charge in [0.05, 0.1) is 0 Å². The molecule has 0 aromatic heterocycles. The standard InChI is InChI=1S/C18H12Br2/c19-17-12-18(20)16(14-9-5-2-6-10-14)11-15(17)13-7-3-1-4-8-13/h1-12H. The van der Waals surface area contributed by atoms with Crippen LogP contribution in [0.2, 0.25) is 0 Å². The second kappa shape index (κ2) is 5.94. The van der Waals surface area contributed by atoms with Crippen molar-refractivity contribution >= 4 is 31.9 Å². The molecule has 0 amide bonds. The molecule has 2 heteroatoms. The monoisotopic (exact) mass is 386 g/mol. The van der Waals surface area contributed by atoms with Crippen LogP contribution in [-0.2, 0) is 0 Å². The van der Waals surface area contributed by atoms with Crippen LogP contribution in [0.3, 0.4) is 0 Å². The van der Waals surface area contributed by atoms with Crippen LogP contribution >= 0.6 is 31.9 Å². The van der Waals surface area contributed by atoms with Crippen molar-refractivity contribution < 1.29 is 0 Å². The molecule has 20 heavy (non-hydrogen) atoms. The van der Waals surface area contributed by atoms with Gasteiger partial charge in [-0.05, 0) is 34.4 Å². The highest BCUT2D eigenvalue weighted by atomic mass is 79.9. The number of halogens is 2. The fraction of sp³-hybridized carbons (Fsp3) is 0. The summed E-state index contributed by atoms with van der Waals surface area (Å²) in [5, 5.41) is 0.